The second-order valence-electron chi connectivity index (χ2n) is 5.58. The van der Waals surface area contributed by atoms with Crippen LogP contribution in [0.5, 0.6) is 0 Å². The predicted octanol–water partition coefficient (Wildman–Crippen LogP) is 2.04. The van der Waals surface area contributed by atoms with Crippen molar-refractivity contribution in [1.29, 1.82) is 0 Å². The van der Waals surface area contributed by atoms with Crippen LogP contribution in [0.4, 0.5) is 5.69 Å². The average molecular weight is 311 g/mol. The minimum atomic E-state index is -0.277. The Balaban J connectivity index is 2.30. The zero-order valence-corrected chi connectivity index (χ0v) is 13.2. The third kappa shape index (κ3) is 3.30. The van der Waals surface area contributed by atoms with Gasteiger partial charge in [-0.25, -0.2) is 4.68 Å². The minimum absolute atomic E-state index is 0.218. The number of rotatable bonds is 5. The molecule has 2 N–H and O–H groups in total. The van der Waals surface area contributed by atoms with Crippen LogP contribution in [0.2, 0.25) is 5.02 Å². The van der Waals surface area contributed by atoms with Gasteiger partial charge in [0.2, 0.25) is 0 Å². The van der Waals surface area contributed by atoms with Crippen LogP contribution in [0.25, 0.3) is 0 Å². The first-order chi connectivity index (χ1) is 10.1. The Hall–Kier alpha value is -1.33. The third-order valence-corrected chi connectivity index (χ3v) is 4.67. The first kappa shape index (κ1) is 16.0. The zero-order valence-electron chi connectivity index (χ0n) is 12.5. The number of allylic oxidation sites excluding steroid dienone is 1. The molecular formula is C15H23ClN4O. The highest BCUT2D eigenvalue weighted by molar-refractivity contribution is 6.33. The Kier molecular flexibility index (Phi) is 5.42. The largest absolute Gasteiger partial charge is 0.369 e. The summed E-state index contributed by atoms with van der Waals surface area (Å²) in [6.07, 6.45) is 7.90. The van der Waals surface area contributed by atoms with E-state index in [2.05, 4.69) is 16.6 Å². The van der Waals surface area contributed by atoms with Crippen LogP contribution in [0.1, 0.15) is 25.7 Å². The normalized spacial score (nSPS) is 22.0. The summed E-state index contributed by atoms with van der Waals surface area (Å²) in [5.74, 6) is 0.440. The molecule has 6 heteroatoms. The highest BCUT2D eigenvalue weighted by Crippen LogP contribution is 2.31. The number of hydrogen-bond donors (Lipinski definition) is 1. The fraction of sp³-hybridized carbons (Fsp3) is 0.600. The lowest BCUT2D eigenvalue weighted by molar-refractivity contribution is 0.306. The average Bonchev–Trinajstić information content (AvgIpc) is 2.51. The van der Waals surface area contributed by atoms with Gasteiger partial charge in [0.05, 0.1) is 18.4 Å². The molecule has 1 aliphatic rings. The van der Waals surface area contributed by atoms with Crippen LogP contribution in [0, 0.1) is 5.92 Å². The van der Waals surface area contributed by atoms with E-state index in [1.165, 1.54) is 17.5 Å². The summed E-state index contributed by atoms with van der Waals surface area (Å²) in [7, 11) is 1.97. The molecule has 1 heterocycles. The van der Waals surface area contributed by atoms with Crippen LogP contribution in [-0.2, 0) is 6.54 Å². The van der Waals surface area contributed by atoms with Crippen molar-refractivity contribution < 1.29 is 0 Å². The first-order valence-electron chi connectivity index (χ1n) is 7.39. The zero-order chi connectivity index (χ0) is 15.4. The van der Waals surface area contributed by atoms with E-state index in [9.17, 15) is 4.79 Å². The van der Waals surface area contributed by atoms with E-state index >= 15 is 0 Å². The van der Waals surface area contributed by atoms with Crippen molar-refractivity contribution in [2.45, 2.75) is 38.3 Å². The van der Waals surface area contributed by atoms with E-state index in [4.69, 9.17) is 17.3 Å². The van der Waals surface area contributed by atoms with Crippen molar-refractivity contribution in [2.75, 3.05) is 18.5 Å². The van der Waals surface area contributed by atoms with Gasteiger partial charge in [-0.2, -0.15) is 5.10 Å². The van der Waals surface area contributed by atoms with E-state index in [1.807, 2.05) is 7.05 Å². The SMILES string of the molecule is C=CCn1ncc(N(C)C2CCCCC2CN)c(Cl)c1=O. The molecule has 0 aromatic carbocycles. The fourth-order valence-electron chi connectivity index (χ4n) is 3.11. The van der Waals surface area contributed by atoms with Gasteiger partial charge in [-0.1, -0.05) is 30.5 Å². The molecule has 1 aromatic rings. The van der Waals surface area contributed by atoms with Gasteiger partial charge in [-0.05, 0) is 25.3 Å². The number of halogens is 1. The number of nitrogens with zero attached hydrogens (tertiary/aromatic N) is 3. The fourth-order valence-corrected chi connectivity index (χ4v) is 3.39. The lowest BCUT2D eigenvalue weighted by Crippen LogP contribution is -2.44. The maximum absolute atomic E-state index is 12.2. The lowest BCUT2D eigenvalue weighted by atomic mass is 9.83. The van der Waals surface area contributed by atoms with Crippen LogP contribution in [0.15, 0.2) is 23.6 Å². The summed E-state index contributed by atoms with van der Waals surface area (Å²) in [6, 6.07) is 0.317. The van der Waals surface area contributed by atoms with Crippen molar-refractivity contribution in [3.63, 3.8) is 0 Å². The monoisotopic (exact) mass is 310 g/mol. The minimum Gasteiger partial charge on any atom is -0.369 e. The van der Waals surface area contributed by atoms with Crippen molar-refractivity contribution in [3.05, 3.63) is 34.2 Å². The maximum Gasteiger partial charge on any atom is 0.287 e. The van der Waals surface area contributed by atoms with Gasteiger partial charge in [-0.15, -0.1) is 6.58 Å². The molecule has 2 rings (SSSR count). The summed E-state index contributed by atoms with van der Waals surface area (Å²) in [5, 5.41) is 4.39. The van der Waals surface area contributed by atoms with E-state index in [1.54, 1.807) is 12.3 Å². The third-order valence-electron chi connectivity index (χ3n) is 4.32. The molecule has 1 aliphatic carbocycles. The number of anilines is 1. The van der Waals surface area contributed by atoms with Gasteiger partial charge in [0.1, 0.15) is 5.02 Å². The lowest BCUT2D eigenvalue weighted by Gasteiger charge is -2.38. The predicted molar refractivity (Wildman–Crippen MR) is 86.9 cm³/mol. The van der Waals surface area contributed by atoms with Crippen LogP contribution < -0.4 is 16.2 Å². The van der Waals surface area contributed by atoms with Crippen LogP contribution >= 0.6 is 11.6 Å². The standard InChI is InChI=1S/C15H23ClN4O/c1-3-8-20-15(21)14(16)13(10-18-20)19(2)12-7-5-4-6-11(12)9-17/h3,10-12H,1,4-9,17H2,2H3. The van der Waals surface area contributed by atoms with Gasteiger partial charge < -0.3 is 10.6 Å². The van der Waals surface area contributed by atoms with Gasteiger partial charge in [0.25, 0.3) is 5.56 Å². The van der Waals surface area contributed by atoms with E-state index in [0.717, 1.165) is 12.8 Å². The highest BCUT2D eigenvalue weighted by Gasteiger charge is 2.29. The van der Waals surface area contributed by atoms with Crippen molar-refractivity contribution in [1.82, 2.24) is 9.78 Å². The Bertz CT molecular complexity index is 557. The Morgan fingerprint density at radius 2 is 2.29 bits per heavy atom. The molecule has 0 saturated heterocycles. The molecule has 2 atom stereocenters. The molecule has 1 aromatic heterocycles. The van der Waals surface area contributed by atoms with Gasteiger partial charge in [0.15, 0.2) is 0 Å². The molecule has 21 heavy (non-hydrogen) atoms. The topological polar surface area (TPSA) is 64.2 Å². The molecule has 116 valence electrons. The van der Waals surface area contributed by atoms with Crippen molar-refractivity contribution >= 4 is 17.3 Å². The summed E-state index contributed by atoms with van der Waals surface area (Å²) >= 11 is 6.26. The van der Waals surface area contributed by atoms with Crippen molar-refractivity contribution in [2.24, 2.45) is 11.7 Å². The van der Waals surface area contributed by atoms with E-state index in [0.29, 0.717) is 30.7 Å². The molecule has 1 fully saturated rings. The number of nitrogens with two attached hydrogens (primary N) is 1. The quantitative estimate of drug-likeness (QED) is 0.845. The second kappa shape index (κ2) is 7.09. The second-order valence-corrected chi connectivity index (χ2v) is 5.96. The van der Waals surface area contributed by atoms with Gasteiger partial charge in [0, 0.05) is 13.1 Å². The molecule has 5 nitrogen and oxygen atoms in total. The molecule has 0 bridgehead atoms. The molecule has 0 amide bonds. The number of aromatic nitrogens is 2. The number of hydrogen-bond acceptors (Lipinski definition) is 4. The first-order valence-corrected chi connectivity index (χ1v) is 7.77. The molecule has 2 unspecified atom stereocenters. The summed E-state index contributed by atoms with van der Waals surface area (Å²) in [5.41, 5.74) is 6.30. The summed E-state index contributed by atoms with van der Waals surface area (Å²) < 4.78 is 1.31. The molecule has 1 saturated carbocycles. The van der Waals surface area contributed by atoms with Gasteiger partial charge >= 0.3 is 0 Å². The van der Waals surface area contributed by atoms with Crippen LogP contribution in [0.3, 0.4) is 0 Å². The van der Waals surface area contributed by atoms with E-state index < -0.39 is 0 Å². The Labute approximate surface area is 130 Å². The Morgan fingerprint density at radius 1 is 1.57 bits per heavy atom. The molecule has 0 spiro atoms. The smallest absolute Gasteiger partial charge is 0.287 e. The molecule has 0 radical (unpaired) electrons. The summed E-state index contributed by atoms with van der Waals surface area (Å²) in [6.45, 7) is 4.63. The van der Waals surface area contributed by atoms with E-state index in [-0.39, 0.29) is 10.6 Å². The van der Waals surface area contributed by atoms with Crippen LogP contribution in [-0.4, -0.2) is 29.4 Å². The maximum atomic E-state index is 12.2. The summed E-state index contributed by atoms with van der Waals surface area (Å²) in [4.78, 5) is 14.3. The molecule has 0 aliphatic heterocycles. The van der Waals surface area contributed by atoms with Crippen molar-refractivity contribution in [3.8, 4) is 0 Å². The molecular weight excluding hydrogens is 288 g/mol. The Morgan fingerprint density at radius 3 is 2.95 bits per heavy atom. The highest BCUT2D eigenvalue weighted by atomic mass is 35.5. The van der Waals surface area contributed by atoms with Gasteiger partial charge in [-0.3, -0.25) is 4.79 Å².